The number of carbonyl (C=O) groups excluding carboxylic acids is 2. The summed E-state index contributed by atoms with van der Waals surface area (Å²) < 4.78 is 30.4. The van der Waals surface area contributed by atoms with Gasteiger partial charge in [0.1, 0.15) is 11.5 Å². The molecule has 0 atom stereocenters. The quantitative estimate of drug-likeness (QED) is 0.761. The molecule has 2 amide bonds. The molecule has 0 unspecified atom stereocenters. The number of carbonyl (C=O) groups is 2. The molecule has 1 aromatic carbocycles. The molecule has 1 saturated heterocycles. The number of ether oxygens (including phenoxy) is 1. The fourth-order valence-electron chi connectivity index (χ4n) is 3.01. The Kier molecular flexibility index (Phi) is 6.75. The Balaban J connectivity index is 1.97. The molecular formula is C18H25ClN2O5S. The zero-order valence-electron chi connectivity index (χ0n) is 15.7. The van der Waals surface area contributed by atoms with Crippen molar-refractivity contribution in [2.75, 3.05) is 25.9 Å². The monoisotopic (exact) mass is 416 g/mol. The van der Waals surface area contributed by atoms with Crippen LogP contribution in [-0.4, -0.2) is 61.9 Å². The minimum absolute atomic E-state index is 0.209. The highest BCUT2D eigenvalue weighted by Gasteiger charge is 2.38. The number of nitrogens with zero attached hydrogens (tertiary/aromatic N) is 1. The SMILES string of the molecule is CNC(=O)CS(=O)(=O)C1CCN(C(=O)C(C)(C)Oc2ccc(Cl)cc2)CC1. The number of benzene rings is 1. The average Bonchev–Trinajstić information content (AvgIpc) is 2.62. The van der Waals surface area contributed by atoms with E-state index in [1.165, 1.54) is 7.05 Å². The number of amides is 2. The Morgan fingerprint density at radius 1 is 1.22 bits per heavy atom. The van der Waals surface area contributed by atoms with E-state index in [1.807, 2.05) is 0 Å². The van der Waals surface area contributed by atoms with Crippen LogP contribution in [0.25, 0.3) is 0 Å². The van der Waals surface area contributed by atoms with Crippen molar-refractivity contribution < 1.29 is 22.7 Å². The number of halogens is 1. The van der Waals surface area contributed by atoms with E-state index in [-0.39, 0.29) is 5.91 Å². The molecule has 150 valence electrons. The lowest BCUT2D eigenvalue weighted by atomic mass is 10.0. The molecule has 9 heteroatoms. The van der Waals surface area contributed by atoms with Crippen LogP contribution >= 0.6 is 11.6 Å². The van der Waals surface area contributed by atoms with Gasteiger partial charge in [0.2, 0.25) is 5.91 Å². The molecule has 0 bridgehead atoms. The van der Waals surface area contributed by atoms with Crippen molar-refractivity contribution in [2.45, 2.75) is 37.5 Å². The Morgan fingerprint density at radius 3 is 2.30 bits per heavy atom. The van der Waals surface area contributed by atoms with Gasteiger partial charge in [-0.05, 0) is 51.0 Å². The van der Waals surface area contributed by atoms with E-state index in [4.69, 9.17) is 16.3 Å². The van der Waals surface area contributed by atoms with Gasteiger partial charge in [0, 0.05) is 25.2 Å². The highest BCUT2D eigenvalue weighted by molar-refractivity contribution is 7.92. The van der Waals surface area contributed by atoms with E-state index in [0.29, 0.717) is 36.7 Å². The van der Waals surface area contributed by atoms with Crippen molar-refractivity contribution in [1.82, 2.24) is 10.2 Å². The maximum absolute atomic E-state index is 12.8. The summed E-state index contributed by atoms with van der Waals surface area (Å²) in [5.41, 5.74) is -1.10. The minimum atomic E-state index is -3.53. The topological polar surface area (TPSA) is 92.8 Å². The van der Waals surface area contributed by atoms with Gasteiger partial charge in [-0.25, -0.2) is 8.42 Å². The van der Waals surface area contributed by atoms with Gasteiger partial charge < -0.3 is 15.0 Å². The van der Waals surface area contributed by atoms with Crippen LogP contribution in [-0.2, 0) is 19.4 Å². The molecule has 1 fully saturated rings. The van der Waals surface area contributed by atoms with E-state index in [9.17, 15) is 18.0 Å². The first-order chi connectivity index (χ1) is 12.5. The largest absolute Gasteiger partial charge is 0.478 e. The van der Waals surface area contributed by atoms with Crippen LogP contribution in [0.5, 0.6) is 5.75 Å². The van der Waals surface area contributed by atoms with Crippen LogP contribution in [0.4, 0.5) is 0 Å². The number of likely N-dealkylation sites (tertiary alicyclic amines) is 1. The lowest BCUT2D eigenvalue weighted by molar-refractivity contribution is -0.146. The summed E-state index contributed by atoms with van der Waals surface area (Å²) in [6.45, 7) is 3.98. The number of rotatable bonds is 6. The highest BCUT2D eigenvalue weighted by atomic mass is 35.5. The van der Waals surface area contributed by atoms with E-state index in [1.54, 1.807) is 43.0 Å². The summed E-state index contributed by atoms with van der Waals surface area (Å²) in [5, 5.41) is 2.29. The molecule has 7 nitrogen and oxygen atoms in total. The number of piperidine rings is 1. The number of hydrogen-bond donors (Lipinski definition) is 1. The van der Waals surface area contributed by atoms with Gasteiger partial charge in [-0.15, -0.1) is 0 Å². The standard InChI is InChI=1S/C18H25ClN2O5S/c1-18(2,26-14-6-4-13(19)5-7-14)17(23)21-10-8-15(9-11-21)27(24,25)12-16(22)20-3/h4-7,15H,8-12H2,1-3H3,(H,20,22). The summed E-state index contributed by atoms with van der Waals surface area (Å²) >= 11 is 5.85. The van der Waals surface area contributed by atoms with Gasteiger partial charge >= 0.3 is 0 Å². The van der Waals surface area contributed by atoms with Crippen molar-refractivity contribution in [2.24, 2.45) is 0 Å². The predicted octanol–water partition coefficient (Wildman–Crippen LogP) is 1.65. The van der Waals surface area contributed by atoms with Gasteiger partial charge in [0.25, 0.3) is 5.91 Å². The van der Waals surface area contributed by atoms with Gasteiger partial charge in [-0.1, -0.05) is 11.6 Å². The van der Waals surface area contributed by atoms with Gasteiger partial charge in [-0.3, -0.25) is 9.59 Å². The van der Waals surface area contributed by atoms with Crippen molar-refractivity contribution in [3.05, 3.63) is 29.3 Å². The van der Waals surface area contributed by atoms with E-state index in [0.717, 1.165) is 0 Å². The summed E-state index contributed by atoms with van der Waals surface area (Å²) in [6, 6.07) is 6.74. The molecule has 0 saturated carbocycles. The third-order valence-electron chi connectivity index (χ3n) is 4.55. The zero-order valence-corrected chi connectivity index (χ0v) is 17.3. The van der Waals surface area contributed by atoms with Crippen LogP contribution in [0.15, 0.2) is 24.3 Å². The summed E-state index contributed by atoms with van der Waals surface area (Å²) in [7, 11) is -2.12. The van der Waals surface area contributed by atoms with E-state index < -0.39 is 32.3 Å². The van der Waals surface area contributed by atoms with Crippen LogP contribution in [0.3, 0.4) is 0 Å². The fourth-order valence-corrected chi connectivity index (χ4v) is 4.81. The number of nitrogens with one attached hydrogen (secondary N) is 1. The smallest absolute Gasteiger partial charge is 0.266 e. The first-order valence-corrected chi connectivity index (χ1v) is 10.8. The second-order valence-corrected chi connectivity index (χ2v) is 9.76. The third kappa shape index (κ3) is 5.59. The molecule has 0 spiro atoms. The molecule has 1 N–H and O–H groups in total. The lowest BCUT2D eigenvalue weighted by Crippen LogP contribution is -2.52. The fraction of sp³-hybridized carbons (Fsp3) is 0.556. The second kappa shape index (κ2) is 8.48. The lowest BCUT2D eigenvalue weighted by Gasteiger charge is -2.36. The third-order valence-corrected chi connectivity index (χ3v) is 6.95. The average molecular weight is 417 g/mol. The van der Waals surface area contributed by atoms with Gasteiger partial charge in [0.15, 0.2) is 15.4 Å². The molecule has 0 aliphatic carbocycles. The maximum atomic E-state index is 12.8. The number of hydrogen-bond acceptors (Lipinski definition) is 5. The molecule has 1 aliphatic heterocycles. The van der Waals surface area contributed by atoms with E-state index >= 15 is 0 Å². The Bertz CT molecular complexity index is 784. The van der Waals surface area contributed by atoms with Crippen LogP contribution in [0.1, 0.15) is 26.7 Å². The van der Waals surface area contributed by atoms with Crippen molar-refractivity contribution in [3.63, 3.8) is 0 Å². The number of sulfone groups is 1. The Morgan fingerprint density at radius 2 is 1.78 bits per heavy atom. The maximum Gasteiger partial charge on any atom is 0.266 e. The Labute approximate surface area is 164 Å². The van der Waals surface area contributed by atoms with Crippen molar-refractivity contribution in [3.8, 4) is 5.75 Å². The van der Waals surface area contributed by atoms with Crippen molar-refractivity contribution in [1.29, 1.82) is 0 Å². The molecule has 2 rings (SSSR count). The summed E-state index contributed by atoms with van der Waals surface area (Å²) in [6.07, 6.45) is 0.615. The minimum Gasteiger partial charge on any atom is -0.478 e. The zero-order chi connectivity index (χ0) is 20.2. The second-order valence-electron chi connectivity index (χ2n) is 7.04. The first-order valence-electron chi connectivity index (χ1n) is 8.71. The molecule has 1 heterocycles. The molecule has 0 radical (unpaired) electrons. The molecule has 1 aromatic rings. The van der Waals surface area contributed by atoms with Gasteiger partial charge in [0.05, 0.1) is 5.25 Å². The molecule has 1 aliphatic rings. The normalized spacial score (nSPS) is 16.1. The van der Waals surface area contributed by atoms with Gasteiger partial charge in [-0.2, -0.15) is 0 Å². The molecule has 27 heavy (non-hydrogen) atoms. The van der Waals surface area contributed by atoms with Crippen LogP contribution in [0, 0.1) is 0 Å². The molecular weight excluding hydrogens is 392 g/mol. The van der Waals surface area contributed by atoms with E-state index in [2.05, 4.69) is 5.32 Å². The van der Waals surface area contributed by atoms with Crippen molar-refractivity contribution >= 4 is 33.3 Å². The van der Waals surface area contributed by atoms with Crippen LogP contribution in [0.2, 0.25) is 5.02 Å². The first kappa shape index (κ1) is 21.5. The van der Waals surface area contributed by atoms with Crippen LogP contribution < -0.4 is 10.1 Å². The Hall–Kier alpha value is -1.80. The summed E-state index contributed by atoms with van der Waals surface area (Å²) in [5.74, 6) is -0.723. The highest BCUT2D eigenvalue weighted by Crippen LogP contribution is 2.25. The predicted molar refractivity (Wildman–Crippen MR) is 104 cm³/mol. The molecule has 0 aromatic heterocycles. The summed E-state index contributed by atoms with van der Waals surface area (Å²) in [4.78, 5) is 25.8.